The number of aryl methyl sites for hydroxylation is 1. The molecular weight excluding hydrogens is 328 g/mol. The van der Waals surface area contributed by atoms with Gasteiger partial charge in [-0.1, -0.05) is 24.3 Å². The number of nitrogens with zero attached hydrogens (tertiary/aromatic N) is 3. The van der Waals surface area contributed by atoms with Crippen LogP contribution in [0.15, 0.2) is 61.1 Å². The minimum absolute atomic E-state index is 0.213. The summed E-state index contributed by atoms with van der Waals surface area (Å²) in [7, 11) is 0. The summed E-state index contributed by atoms with van der Waals surface area (Å²) >= 11 is 0. The molecule has 1 N–H and O–H groups in total. The number of benzene rings is 1. The van der Waals surface area contributed by atoms with E-state index in [2.05, 4.69) is 15.4 Å². The van der Waals surface area contributed by atoms with Gasteiger partial charge in [-0.25, -0.2) is 4.68 Å². The smallest absolute Gasteiger partial charge is 0.263 e. The van der Waals surface area contributed by atoms with E-state index in [1.807, 2.05) is 55.6 Å². The van der Waals surface area contributed by atoms with Crippen LogP contribution in [0.1, 0.15) is 25.0 Å². The Balaban J connectivity index is 1.69. The van der Waals surface area contributed by atoms with Crippen LogP contribution in [0.25, 0.3) is 5.69 Å². The van der Waals surface area contributed by atoms with Gasteiger partial charge in [0, 0.05) is 30.7 Å². The van der Waals surface area contributed by atoms with Gasteiger partial charge in [0.25, 0.3) is 5.91 Å². The number of aromatic nitrogens is 3. The van der Waals surface area contributed by atoms with Crippen LogP contribution in [0.5, 0.6) is 5.88 Å². The van der Waals surface area contributed by atoms with Crippen molar-refractivity contribution in [3.8, 4) is 11.6 Å². The van der Waals surface area contributed by atoms with E-state index in [0.717, 1.165) is 16.8 Å². The molecule has 0 spiro atoms. The monoisotopic (exact) mass is 350 g/mol. The maximum absolute atomic E-state index is 12.5. The van der Waals surface area contributed by atoms with Crippen molar-refractivity contribution in [1.29, 1.82) is 0 Å². The van der Waals surface area contributed by atoms with Crippen LogP contribution in [0.4, 0.5) is 0 Å². The van der Waals surface area contributed by atoms with E-state index in [1.54, 1.807) is 30.9 Å². The zero-order chi connectivity index (χ0) is 18.6. The number of ether oxygens (including phenoxy) is 1. The summed E-state index contributed by atoms with van der Waals surface area (Å²) in [5.41, 5.74) is 1.68. The molecule has 0 saturated carbocycles. The molecule has 2 aromatic heterocycles. The Morgan fingerprint density at radius 3 is 2.65 bits per heavy atom. The average molecular weight is 350 g/mol. The van der Waals surface area contributed by atoms with Gasteiger partial charge in [0.2, 0.25) is 5.88 Å². The largest absolute Gasteiger partial charge is 0.460 e. The fourth-order valence-corrected chi connectivity index (χ4v) is 2.44. The number of carbonyl (C=O) groups is 1. The summed E-state index contributed by atoms with van der Waals surface area (Å²) < 4.78 is 7.67. The van der Waals surface area contributed by atoms with Crippen LogP contribution < -0.4 is 10.1 Å². The molecule has 0 unspecified atom stereocenters. The lowest BCUT2D eigenvalue weighted by Crippen LogP contribution is -2.46. The standard InChI is InChI=1S/C20H22N4O2/c1-15-14-24(17-9-5-4-6-10-17)23-18(15)26-20(2,3)19(25)22-13-16-8-7-11-21-12-16/h4-12,14H,13H2,1-3H3,(H,22,25). The van der Waals surface area contributed by atoms with E-state index in [0.29, 0.717) is 12.4 Å². The van der Waals surface area contributed by atoms with Crippen LogP contribution in [0, 0.1) is 6.92 Å². The quantitative estimate of drug-likeness (QED) is 0.742. The average Bonchev–Trinajstić information content (AvgIpc) is 3.01. The normalized spacial score (nSPS) is 11.2. The van der Waals surface area contributed by atoms with E-state index in [9.17, 15) is 4.79 Å². The summed E-state index contributed by atoms with van der Waals surface area (Å²) in [5, 5.41) is 7.35. The van der Waals surface area contributed by atoms with E-state index in [-0.39, 0.29) is 5.91 Å². The molecule has 3 rings (SSSR count). The summed E-state index contributed by atoms with van der Waals surface area (Å²) in [5.74, 6) is 0.227. The first-order valence-electron chi connectivity index (χ1n) is 8.43. The maximum atomic E-state index is 12.5. The molecule has 2 heterocycles. The van der Waals surface area contributed by atoms with Crippen LogP contribution in [0.2, 0.25) is 0 Å². The summed E-state index contributed by atoms with van der Waals surface area (Å²) in [6, 6.07) is 13.5. The lowest BCUT2D eigenvalue weighted by Gasteiger charge is -2.24. The molecule has 1 aromatic carbocycles. The Hall–Kier alpha value is -3.15. The SMILES string of the molecule is Cc1cn(-c2ccccc2)nc1OC(C)(C)C(=O)NCc1cccnc1. The second-order valence-corrected chi connectivity index (χ2v) is 6.55. The van der Waals surface area contributed by atoms with E-state index >= 15 is 0 Å². The zero-order valence-corrected chi connectivity index (χ0v) is 15.1. The van der Waals surface area contributed by atoms with Crippen molar-refractivity contribution < 1.29 is 9.53 Å². The minimum atomic E-state index is -1.05. The molecule has 0 fully saturated rings. The van der Waals surface area contributed by atoms with Gasteiger partial charge in [-0.05, 0) is 44.5 Å². The fourth-order valence-electron chi connectivity index (χ4n) is 2.44. The number of para-hydroxylation sites is 1. The van der Waals surface area contributed by atoms with Gasteiger partial charge in [-0.15, -0.1) is 5.10 Å². The Morgan fingerprint density at radius 2 is 1.96 bits per heavy atom. The Bertz CT molecular complexity index is 873. The first-order valence-corrected chi connectivity index (χ1v) is 8.43. The zero-order valence-electron chi connectivity index (χ0n) is 15.1. The summed E-state index contributed by atoms with van der Waals surface area (Å²) in [4.78, 5) is 16.6. The predicted molar refractivity (Wildman–Crippen MR) is 99.1 cm³/mol. The topological polar surface area (TPSA) is 69.0 Å². The molecule has 0 atom stereocenters. The lowest BCUT2D eigenvalue weighted by molar-refractivity contribution is -0.134. The first-order chi connectivity index (χ1) is 12.5. The number of amides is 1. The summed E-state index contributed by atoms with van der Waals surface area (Å²) in [6.07, 6.45) is 5.30. The molecular formula is C20H22N4O2. The van der Waals surface area contributed by atoms with Gasteiger partial charge in [-0.2, -0.15) is 0 Å². The van der Waals surface area contributed by atoms with Crippen molar-refractivity contribution >= 4 is 5.91 Å². The number of hydrogen-bond acceptors (Lipinski definition) is 4. The molecule has 6 heteroatoms. The second kappa shape index (κ2) is 7.39. The third-order valence-electron chi connectivity index (χ3n) is 3.95. The van der Waals surface area contributed by atoms with Crippen molar-refractivity contribution in [3.63, 3.8) is 0 Å². The second-order valence-electron chi connectivity index (χ2n) is 6.55. The highest BCUT2D eigenvalue weighted by molar-refractivity contribution is 5.84. The predicted octanol–water partition coefficient (Wildman–Crippen LogP) is 3.05. The van der Waals surface area contributed by atoms with E-state index in [4.69, 9.17) is 4.74 Å². The van der Waals surface area contributed by atoms with Gasteiger partial charge in [-0.3, -0.25) is 9.78 Å². The molecule has 3 aromatic rings. The number of nitrogens with one attached hydrogen (secondary N) is 1. The van der Waals surface area contributed by atoms with Gasteiger partial charge in [0.05, 0.1) is 5.69 Å². The van der Waals surface area contributed by atoms with Crippen LogP contribution >= 0.6 is 0 Å². The van der Waals surface area contributed by atoms with Gasteiger partial charge in [0.1, 0.15) is 0 Å². The van der Waals surface area contributed by atoms with Crippen molar-refractivity contribution in [1.82, 2.24) is 20.1 Å². The molecule has 0 aliphatic heterocycles. The third kappa shape index (κ3) is 4.08. The summed E-state index contributed by atoms with van der Waals surface area (Å²) in [6.45, 7) is 5.77. The molecule has 26 heavy (non-hydrogen) atoms. The Kier molecular flexibility index (Phi) is 5.02. The Morgan fingerprint density at radius 1 is 1.19 bits per heavy atom. The highest BCUT2D eigenvalue weighted by Gasteiger charge is 2.31. The molecule has 134 valence electrons. The highest BCUT2D eigenvalue weighted by atomic mass is 16.5. The number of pyridine rings is 1. The number of carbonyl (C=O) groups excluding carboxylic acids is 1. The van der Waals surface area contributed by atoms with Gasteiger partial charge in [0.15, 0.2) is 5.60 Å². The molecule has 0 saturated heterocycles. The molecule has 0 aliphatic rings. The van der Waals surface area contributed by atoms with Crippen LogP contribution in [-0.2, 0) is 11.3 Å². The number of rotatable bonds is 6. The van der Waals surface area contributed by atoms with Crippen LogP contribution in [-0.4, -0.2) is 26.3 Å². The van der Waals surface area contributed by atoms with E-state index < -0.39 is 5.60 Å². The molecule has 0 bridgehead atoms. The van der Waals surface area contributed by atoms with Crippen molar-refractivity contribution in [2.75, 3.05) is 0 Å². The molecule has 0 aliphatic carbocycles. The first kappa shape index (κ1) is 17.7. The molecule has 1 amide bonds. The number of hydrogen-bond donors (Lipinski definition) is 1. The molecule has 0 radical (unpaired) electrons. The fraction of sp³-hybridized carbons (Fsp3) is 0.250. The third-order valence-corrected chi connectivity index (χ3v) is 3.95. The molecule has 6 nitrogen and oxygen atoms in total. The van der Waals surface area contributed by atoms with E-state index in [1.165, 1.54) is 0 Å². The Labute approximate surface area is 152 Å². The van der Waals surface area contributed by atoms with Crippen LogP contribution in [0.3, 0.4) is 0 Å². The maximum Gasteiger partial charge on any atom is 0.263 e. The van der Waals surface area contributed by atoms with Crippen molar-refractivity contribution in [2.24, 2.45) is 0 Å². The van der Waals surface area contributed by atoms with Crippen molar-refractivity contribution in [3.05, 3.63) is 72.2 Å². The van der Waals surface area contributed by atoms with Gasteiger partial charge < -0.3 is 10.1 Å². The highest BCUT2D eigenvalue weighted by Crippen LogP contribution is 2.22. The lowest BCUT2D eigenvalue weighted by atomic mass is 10.1. The minimum Gasteiger partial charge on any atom is -0.460 e. The van der Waals surface area contributed by atoms with Gasteiger partial charge >= 0.3 is 0 Å². The van der Waals surface area contributed by atoms with Crippen molar-refractivity contribution in [2.45, 2.75) is 32.9 Å².